The van der Waals surface area contributed by atoms with Gasteiger partial charge in [0.15, 0.2) is 0 Å². The van der Waals surface area contributed by atoms with E-state index < -0.39 is 34.7 Å². The summed E-state index contributed by atoms with van der Waals surface area (Å²) in [6.07, 6.45) is -1.55. The third-order valence-corrected chi connectivity index (χ3v) is 5.10. The summed E-state index contributed by atoms with van der Waals surface area (Å²) in [4.78, 5) is 30.7. The Bertz CT molecular complexity index is 865. The molecule has 3 N–H and O–H groups in total. The van der Waals surface area contributed by atoms with Crippen LogP contribution in [0.25, 0.3) is 0 Å². The zero-order chi connectivity index (χ0) is 25.1. The number of benzene rings is 1. The highest BCUT2D eigenvalue weighted by molar-refractivity contribution is 14.1. The largest absolute Gasteiger partial charge is 0.443 e. The first-order chi connectivity index (χ1) is 14.4. The number of guanidine groups is 1. The second-order valence-corrected chi connectivity index (χ2v) is 10.7. The summed E-state index contributed by atoms with van der Waals surface area (Å²) in [5.74, 6) is -0.595. The van der Waals surface area contributed by atoms with Gasteiger partial charge in [0, 0.05) is 18.3 Å². The predicted octanol–water partition coefficient (Wildman–Crippen LogP) is 5.39. The Morgan fingerprint density at radius 3 is 1.94 bits per heavy atom. The first-order valence-corrected chi connectivity index (χ1v) is 11.3. The number of amides is 2. The van der Waals surface area contributed by atoms with E-state index in [-0.39, 0.29) is 11.5 Å². The first kappa shape index (κ1) is 27.9. The van der Waals surface area contributed by atoms with Gasteiger partial charge in [-0.2, -0.15) is 0 Å². The summed E-state index contributed by atoms with van der Waals surface area (Å²) in [7, 11) is 1.40. The number of carbonyl (C=O) groups excluding carboxylic acids is 2. The molecular formula is C22H34FIN4O4. The maximum absolute atomic E-state index is 15.0. The van der Waals surface area contributed by atoms with Crippen molar-refractivity contribution in [2.24, 2.45) is 4.99 Å². The third-order valence-electron chi connectivity index (χ3n) is 4.32. The van der Waals surface area contributed by atoms with Gasteiger partial charge < -0.3 is 20.5 Å². The van der Waals surface area contributed by atoms with E-state index in [2.05, 4.69) is 10.3 Å². The maximum Gasteiger partial charge on any atom is 0.427 e. The smallest absolute Gasteiger partial charge is 0.427 e. The SMILES string of the molecule is CC[C@](C)(NC(=NC)N(C(=O)OC(C)(C)C)C(=O)OC(C)(C)C)c1cc(N)cc(I)c1F. The number of rotatable bonds is 3. The van der Waals surface area contributed by atoms with Gasteiger partial charge in [0.1, 0.15) is 17.0 Å². The highest BCUT2D eigenvalue weighted by atomic mass is 127. The van der Waals surface area contributed by atoms with E-state index in [9.17, 15) is 9.59 Å². The Morgan fingerprint density at radius 1 is 1.09 bits per heavy atom. The standard InChI is InChI=1S/C22H34FIN4O4/c1-10-22(8,14-11-13(25)12-15(24)16(14)23)27-17(26-9)28(18(29)31-20(2,3)4)19(30)32-21(5,6)7/h11-12H,10,25H2,1-9H3,(H,26,27)/t22-/m0/s1. The molecule has 0 unspecified atom stereocenters. The van der Waals surface area contributed by atoms with Gasteiger partial charge in [-0.3, -0.25) is 4.99 Å². The molecule has 0 saturated carbocycles. The van der Waals surface area contributed by atoms with E-state index in [0.29, 0.717) is 20.6 Å². The molecule has 0 fully saturated rings. The summed E-state index contributed by atoms with van der Waals surface area (Å²) in [5.41, 5.74) is 3.81. The van der Waals surface area contributed by atoms with Gasteiger partial charge in [-0.15, -0.1) is 4.90 Å². The molecule has 10 heteroatoms. The molecule has 8 nitrogen and oxygen atoms in total. The van der Waals surface area contributed by atoms with Crippen molar-refractivity contribution in [2.45, 2.75) is 78.6 Å². The molecule has 1 aromatic carbocycles. The third kappa shape index (κ3) is 7.49. The van der Waals surface area contributed by atoms with Gasteiger partial charge in [-0.05, 0) is 89.6 Å². The molecule has 1 atom stereocenters. The fourth-order valence-corrected chi connectivity index (χ4v) is 3.33. The summed E-state index contributed by atoms with van der Waals surface area (Å²) >= 11 is 1.87. The van der Waals surface area contributed by atoms with Crippen LogP contribution in [0.15, 0.2) is 17.1 Å². The number of ether oxygens (including phenoxy) is 2. The zero-order valence-corrected chi connectivity index (χ0v) is 22.4. The number of hydrogen-bond donors (Lipinski definition) is 2. The van der Waals surface area contributed by atoms with Crippen LogP contribution in [0, 0.1) is 9.39 Å². The van der Waals surface area contributed by atoms with Crippen LogP contribution >= 0.6 is 22.6 Å². The Labute approximate surface area is 203 Å². The van der Waals surface area contributed by atoms with Gasteiger partial charge in [0.25, 0.3) is 0 Å². The number of hydrogen-bond acceptors (Lipinski definition) is 6. The van der Waals surface area contributed by atoms with Gasteiger partial charge in [-0.25, -0.2) is 14.0 Å². The number of anilines is 1. The molecule has 0 spiro atoms. The lowest BCUT2D eigenvalue weighted by molar-refractivity contribution is 0.0138. The number of aliphatic imine (C=N–C) groups is 1. The molecule has 180 valence electrons. The number of nitrogens with two attached hydrogens (primary N) is 1. The van der Waals surface area contributed by atoms with Gasteiger partial charge >= 0.3 is 12.2 Å². The van der Waals surface area contributed by atoms with Crippen molar-refractivity contribution >= 4 is 46.4 Å². The second-order valence-electron chi connectivity index (χ2n) is 9.52. The van der Waals surface area contributed by atoms with Crippen molar-refractivity contribution in [3.8, 4) is 0 Å². The van der Waals surface area contributed by atoms with Crippen LogP contribution in [0.1, 0.15) is 67.4 Å². The van der Waals surface area contributed by atoms with Crippen LogP contribution in [-0.2, 0) is 15.0 Å². The van der Waals surface area contributed by atoms with E-state index in [4.69, 9.17) is 15.2 Å². The summed E-state index contributed by atoms with van der Waals surface area (Å²) in [6.45, 7) is 13.6. The molecule has 0 aromatic heterocycles. The Balaban J connectivity index is 3.50. The minimum Gasteiger partial charge on any atom is -0.443 e. The molecule has 2 amide bonds. The number of nitrogens with zero attached hydrogens (tertiary/aromatic N) is 2. The van der Waals surface area contributed by atoms with E-state index >= 15 is 4.39 Å². The highest BCUT2D eigenvalue weighted by Crippen LogP contribution is 2.32. The average Bonchev–Trinajstić information content (AvgIpc) is 2.60. The fourth-order valence-electron chi connectivity index (χ4n) is 2.68. The van der Waals surface area contributed by atoms with Crippen LogP contribution in [0.2, 0.25) is 0 Å². The van der Waals surface area contributed by atoms with Gasteiger partial charge in [0.05, 0.1) is 9.11 Å². The molecule has 0 bridgehead atoms. The number of halogens is 2. The topological polar surface area (TPSA) is 106 Å². The van der Waals surface area contributed by atoms with Crippen molar-refractivity contribution in [3.05, 3.63) is 27.1 Å². The Morgan fingerprint density at radius 2 is 1.56 bits per heavy atom. The van der Waals surface area contributed by atoms with Gasteiger partial charge in [0.2, 0.25) is 5.96 Å². The van der Waals surface area contributed by atoms with Crippen molar-refractivity contribution in [2.75, 3.05) is 12.8 Å². The Kier molecular flexibility index (Phi) is 8.92. The van der Waals surface area contributed by atoms with E-state index in [1.165, 1.54) is 19.2 Å². The van der Waals surface area contributed by atoms with Crippen molar-refractivity contribution in [1.29, 1.82) is 0 Å². The normalized spacial score (nSPS) is 14.4. The molecule has 0 radical (unpaired) electrons. The molecule has 0 aliphatic rings. The average molecular weight is 564 g/mol. The van der Waals surface area contributed by atoms with Gasteiger partial charge in [-0.1, -0.05) is 6.92 Å². The lowest BCUT2D eigenvalue weighted by Gasteiger charge is -2.36. The molecule has 0 aliphatic heterocycles. The van der Waals surface area contributed by atoms with E-state index in [1.807, 2.05) is 29.5 Å². The molecule has 0 aliphatic carbocycles. The zero-order valence-electron chi connectivity index (χ0n) is 20.2. The molecule has 0 saturated heterocycles. The van der Waals surface area contributed by atoms with E-state index in [0.717, 1.165) is 0 Å². The second kappa shape index (κ2) is 10.2. The lowest BCUT2D eigenvalue weighted by Crippen LogP contribution is -2.56. The number of carbonyl (C=O) groups is 2. The summed E-state index contributed by atoms with van der Waals surface area (Å²) in [5, 5.41) is 3.05. The number of imide groups is 1. The Hall–Kier alpha value is -2.11. The first-order valence-electron chi connectivity index (χ1n) is 10.2. The van der Waals surface area contributed by atoms with E-state index in [1.54, 1.807) is 48.5 Å². The van der Waals surface area contributed by atoms with Crippen molar-refractivity contribution in [3.63, 3.8) is 0 Å². The minimum atomic E-state index is -1.06. The van der Waals surface area contributed by atoms with Crippen molar-refractivity contribution < 1.29 is 23.5 Å². The fraction of sp³-hybridized carbons (Fsp3) is 0.591. The number of nitrogens with one attached hydrogen (secondary N) is 1. The summed E-state index contributed by atoms with van der Waals surface area (Å²) < 4.78 is 26.2. The monoisotopic (exact) mass is 564 g/mol. The summed E-state index contributed by atoms with van der Waals surface area (Å²) in [6, 6.07) is 3.05. The molecule has 0 heterocycles. The van der Waals surface area contributed by atoms with Crippen LogP contribution < -0.4 is 11.1 Å². The lowest BCUT2D eigenvalue weighted by atomic mass is 9.88. The number of nitrogen functional groups attached to an aromatic ring is 1. The quantitative estimate of drug-likeness (QED) is 0.221. The molecule has 32 heavy (non-hydrogen) atoms. The maximum atomic E-state index is 15.0. The highest BCUT2D eigenvalue weighted by Gasteiger charge is 2.39. The molecular weight excluding hydrogens is 530 g/mol. The predicted molar refractivity (Wildman–Crippen MR) is 132 cm³/mol. The van der Waals surface area contributed by atoms with Crippen molar-refractivity contribution in [1.82, 2.24) is 10.2 Å². The van der Waals surface area contributed by atoms with Crippen LogP contribution in [0.4, 0.5) is 19.7 Å². The van der Waals surface area contributed by atoms with Crippen LogP contribution in [-0.4, -0.2) is 41.3 Å². The molecule has 1 aromatic rings. The van der Waals surface area contributed by atoms with Crippen LogP contribution in [0.5, 0.6) is 0 Å². The minimum absolute atomic E-state index is 0.144. The van der Waals surface area contributed by atoms with Crippen LogP contribution in [0.3, 0.4) is 0 Å². The molecule has 1 rings (SSSR count).